The molecule has 0 saturated heterocycles. The van der Waals surface area contributed by atoms with Crippen molar-refractivity contribution in [2.75, 3.05) is 11.9 Å². The summed E-state index contributed by atoms with van der Waals surface area (Å²) < 4.78 is 0. The number of carbonyl (C=O) groups excluding carboxylic acids is 1. The summed E-state index contributed by atoms with van der Waals surface area (Å²) in [6.07, 6.45) is 0. The molecule has 0 atom stereocenters. The maximum absolute atomic E-state index is 11.0. The summed E-state index contributed by atoms with van der Waals surface area (Å²) in [4.78, 5) is 12.4. The zero-order chi connectivity index (χ0) is 10.9. The fourth-order valence-corrected chi connectivity index (χ4v) is 1.49. The van der Waals surface area contributed by atoms with Gasteiger partial charge in [0.2, 0.25) is 0 Å². The number of anilines is 1. The molecule has 1 aromatic carbocycles. The van der Waals surface area contributed by atoms with Gasteiger partial charge in [0.25, 0.3) is 0 Å². The van der Waals surface area contributed by atoms with Crippen LogP contribution in [0.25, 0.3) is 0 Å². The van der Waals surface area contributed by atoms with Gasteiger partial charge in [-0.2, -0.15) is 0 Å². The van der Waals surface area contributed by atoms with Crippen molar-refractivity contribution in [3.8, 4) is 0 Å². The second kappa shape index (κ2) is 4.01. The third kappa shape index (κ3) is 1.90. The van der Waals surface area contributed by atoms with Crippen LogP contribution in [0.3, 0.4) is 0 Å². The van der Waals surface area contributed by atoms with Gasteiger partial charge in [-0.05, 0) is 55.1 Å². The molecule has 0 aliphatic heterocycles. The van der Waals surface area contributed by atoms with E-state index in [1.807, 2.05) is 26.0 Å². The van der Waals surface area contributed by atoms with Crippen LogP contribution in [0.4, 0.5) is 10.5 Å². The summed E-state index contributed by atoms with van der Waals surface area (Å²) in [6.45, 7) is 6.09. The summed E-state index contributed by atoms with van der Waals surface area (Å²) >= 11 is 5.41. The van der Waals surface area contributed by atoms with E-state index >= 15 is 0 Å². The van der Waals surface area contributed by atoms with Gasteiger partial charge >= 0.3 is 5.37 Å². The number of nitrogens with zero attached hydrogens (tertiary/aromatic N) is 1. The van der Waals surface area contributed by atoms with Crippen molar-refractivity contribution in [3.05, 3.63) is 28.8 Å². The number of carbonyl (C=O) groups is 1. The highest BCUT2D eigenvalue weighted by atomic mass is 35.5. The van der Waals surface area contributed by atoms with Gasteiger partial charge in [0, 0.05) is 12.7 Å². The molecule has 0 fully saturated rings. The van der Waals surface area contributed by atoms with Gasteiger partial charge in [-0.1, -0.05) is 6.07 Å². The monoisotopic (exact) mass is 211 g/mol. The molecule has 0 radical (unpaired) electrons. The Kier molecular flexibility index (Phi) is 3.17. The second-order valence-electron chi connectivity index (χ2n) is 3.46. The lowest BCUT2D eigenvalue weighted by Crippen LogP contribution is -2.20. The lowest BCUT2D eigenvalue weighted by atomic mass is 10.0. The molecule has 1 rings (SSSR count). The van der Waals surface area contributed by atoms with Gasteiger partial charge in [0.1, 0.15) is 0 Å². The lowest BCUT2D eigenvalue weighted by molar-refractivity contribution is 0.265. The highest BCUT2D eigenvalue weighted by Gasteiger charge is 2.11. The van der Waals surface area contributed by atoms with E-state index in [-0.39, 0.29) is 0 Å². The Morgan fingerprint density at radius 3 is 2.29 bits per heavy atom. The third-order valence-electron chi connectivity index (χ3n) is 2.65. The van der Waals surface area contributed by atoms with Gasteiger partial charge in [-0.15, -0.1) is 0 Å². The van der Waals surface area contributed by atoms with Gasteiger partial charge < -0.3 is 4.90 Å². The average Bonchev–Trinajstić information content (AvgIpc) is 2.13. The standard InChI is InChI=1S/C11H14ClNO/c1-7-5-6-10(9(3)8(7)2)13(4)11(12)14/h5-6H,1-4H3. The minimum atomic E-state index is -0.462. The zero-order valence-electron chi connectivity index (χ0n) is 8.89. The summed E-state index contributed by atoms with van der Waals surface area (Å²) in [6, 6.07) is 3.91. The Bertz CT molecular complexity index is 374. The number of hydrogen-bond acceptors (Lipinski definition) is 1. The van der Waals surface area contributed by atoms with E-state index < -0.39 is 5.37 Å². The van der Waals surface area contributed by atoms with Crippen LogP contribution in [-0.4, -0.2) is 12.4 Å². The van der Waals surface area contributed by atoms with E-state index in [4.69, 9.17) is 11.6 Å². The van der Waals surface area contributed by atoms with E-state index in [9.17, 15) is 4.79 Å². The number of rotatable bonds is 1. The minimum absolute atomic E-state index is 0.462. The molecule has 2 nitrogen and oxygen atoms in total. The molecule has 0 aliphatic rings. The molecule has 0 heterocycles. The first kappa shape index (κ1) is 11.1. The molecular weight excluding hydrogens is 198 g/mol. The number of benzene rings is 1. The zero-order valence-corrected chi connectivity index (χ0v) is 9.64. The maximum atomic E-state index is 11.0. The number of halogens is 1. The second-order valence-corrected chi connectivity index (χ2v) is 3.79. The molecule has 0 aliphatic carbocycles. The van der Waals surface area contributed by atoms with E-state index in [1.165, 1.54) is 16.0 Å². The van der Waals surface area contributed by atoms with Crippen molar-refractivity contribution in [2.24, 2.45) is 0 Å². The molecule has 0 spiro atoms. The highest BCUT2D eigenvalue weighted by molar-refractivity contribution is 6.66. The Morgan fingerprint density at radius 2 is 1.79 bits per heavy atom. The van der Waals surface area contributed by atoms with Gasteiger partial charge in [-0.3, -0.25) is 4.79 Å². The van der Waals surface area contributed by atoms with Gasteiger partial charge in [0.15, 0.2) is 0 Å². The quantitative estimate of drug-likeness (QED) is 0.515. The van der Waals surface area contributed by atoms with Crippen LogP contribution in [0.1, 0.15) is 16.7 Å². The summed E-state index contributed by atoms with van der Waals surface area (Å²) in [5.41, 5.74) is 4.39. The molecular formula is C11H14ClNO. The highest BCUT2D eigenvalue weighted by Crippen LogP contribution is 2.25. The third-order valence-corrected chi connectivity index (χ3v) is 2.91. The SMILES string of the molecule is Cc1ccc(N(C)C(=O)Cl)c(C)c1C. The fourth-order valence-electron chi connectivity index (χ4n) is 1.40. The average molecular weight is 212 g/mol. The molecule has 3 heteroatoms. The van der Waals surface area contributed by atoms with Crippen molar-refractivity contribution < 1.29 is 4.79 Å². The van der Waals surface area contributed by atoms with Crippen LogP contribution in [0.15, 0.2) is 12.1 Å². The molecule has 0 N–H and O–H groups in total. The predicted octanol–water partition coefficient (Wildman–Crippen LogP) is 3.41. The number of aryl methyl sites for hydroxylation is 1. The smallest absolute Gasteiger partial charge is 0.302 e. The van der Waals surface area contributed by atoms with Crippen molar-refractivity contribution in [1.82, 2.24) is 0 Å². The van der Waals surface area contributed by atoms with E-state index in [1.54, 1.807) is 7.05 Å². The van der Waals surface area contributed by atoms with Gasteiger partial charge in [-0.25, -0.2) is 0 Å². The van der Waals surface area contributed by atoms with Gasteiger partial charge in [0.05, 0.1) is 0 Å². The Morgan fingerprint density at radius 1 is 1.21 bits per heavy atom. The van der Waals surface area contributed by atoms with E-state index in [0.717, 1.165) is 11.3 Å². The summed E-state index contributed by atoms with van der Waals surface area (Å²) in [5.74, 6) is 0. The van der Waals surface area contributed by atoms with Crippen molar-refractivity contribution in [2.45, 2.75) is 20.8 Å². The van der Waals surface area contributed by atoms with Crippen LogP contribution in [0, 0.1) is 20.8 Å². The molecule has 0 saturated carbocycles. The maximum Gasteiger partial charge on any atom is 0.320 e. The molecule has 1 aromatic rings. The Balaban J connectivity index is 3.24. The Hall–Kier alpha value is -1.02. The molecule has 0 bridgehead atoms. The van der Waals surface area contributed by atoms with Crippen LogP contribution in [-0.2, 0) is 0 Å². The van der Waals surface area contributed by atoms with E-state index in [2.05, 4.69) is 6.92 Å². The number of hydrogen-bond donors (Lipinski definition) is 0. The summed E-state index contributed by atoms with van der Waals surface area (Å²) in [5, 5.41) is -0.462. The molecule has 1 amide bonds. The Labute approximate surface area is 89.5 Å². The lowest BCUT2D eigenvalue weighted by Gasteiger charge is -2.18. The first-order chi connectivity index (χ1) is 6.45. The van der Waals surface area contributed by atoms with Crippen LogP contribution in [0.5, 0.6) is 0 Å². The molecule has 14 heavy (non-hydrogen) atoms. The fraction of sp³-hybridized carbons (Fsp3) is 0.364. The van der Waals surface area contributed by atoms with E-state index in [0.29, 0.717) is 0 Å². The molecule has 0 unspecified atom stereocenters. The van der Waals surface area contributed by atoms with Crippen LogP contribution in [0.2, 0.25) is 0 Å². The first-order valence-corrected chi connectivity index (χ1v) is 4.83. The largest absolute Gasteiger partial charge is 0.320 e. The van der Waals surface area contributed by atoms with Crippen molar-refractivity contribution >= 4 is 22.7 Å². The van der Waals surface area contributed by atoms with Crippen LogP contribution < -0.4 is 4.90 Å². The minimum Gasteiger partial charge on any atom is -0.302 e. The van der Waals surface area contributed by atoms with Crippen molar-refractivity contribution in [3.63, 3.8) is 0 Å². The predicted molar refractivity (Wildman–Crippen MR) is 60.3 cm³/mol. The summed E-state index contributed by atoms with van der Waals surface area (Å²) in [7, 11) is 1.67. The van der Waals surface area contributed by atoms with Crippen molar-refractivity contribution in [1.29, 1.82) is 0 Å². The molecule has 0 aromatic heterocycles. The number of amides is 1. The normalized spacial score (nSPS) is 10.1. The molecule has 76 valence electrons. The first-order valence-electron chi connectivity index (χ1n) is 4.45. The van der Waals surface area contributed by atoms with Crippen LogP contribution >= 0.6 is 11.6 Å². The topological polar surface area (TPSA) is 20.3 Å².